The molecule has 0 aromatic heterocycles. The lowest BCUT2D eigenvalue weighted by atomic mass is 10.1. The lowest BCUT2D eigenvalue weighted by Gasteiger charge is -2.25. The number of carbonyl (C=O) groups excluding carboxylic acids is 1. The van der Waals surface area contributed by atoms with Crippen LogP contribution in [-0.2, 0) is 14.8 Å². The molecular weight excluding hydrogens is 280 g/mol. The highest BCUT2D eigenvalue weighted by Gasteiger charge is 2.19. The zero-order valence-electron chi connectivity index (χ0n) is 11.8. The van der Waals surface area contributed by atoms with Gasteiger partial charge in [0.15, 0.2) is 0 Å². The summed E-state index contributed by atoms with van der Waals surface area (Å²) in [5, 5.41) is 7.71. The Morgan fingerprint density at radius 1 is 1.40 bits per heavy atom. The molecule has 1 aromatic carbocycles. The maximum absolute atomic E-state index is 11.6. The first kappa shape index (κ1) is 16.3. The van der Waals surface area contributed by atoms with Gasteiger partial charge in [-0.3, -0.25) is 4.79 Å². The first-order chi connectivity index (χ1) is 9.20. The molecule has 0 atom stereocenters. The van der Waals surface area contributed by atoms with Crippen molar-refractivity contribution in [3.63, 3.8) is 0 Å². The summed E-state index contributed by atoms with van der Waals surface area (Å²) < 4.78 is 23.1. The van der Waals surface area contributed by atoms with E-state index in [2.05, 4.69) is 5.32 Å². The van der Waals surface area contributed by atoms with E-state index in [1.165, 1.54) is 13.1 Å². The summed E-state index contributed by atoms with van der Waals surface area (Å²) in [5.74, 6) is -0.175. The molecule has 0 saturated heterocycles. The van der Waals surface area contributed by atoms with Crippen molar-refractivity contribution in [2.45, 2.75) is 18.7 Å². The molecule has 0 aliphatic rings. The summed E-state index contributed by atoms with van der Waals surface area (Å²) >= 11 is 0. The highest BCUT2D eigenvalue weighted by Crippen LogP contribution is 2.28. The van der Waals surface area contributed by atoms with Crippen molar-refractivity contribution >= 4 is 27.3 Å². The van der Waals surface area contributed by atoms with Crippen molar-refractivity contribution in [1.82, 2.24) is 5.32 Å². The Balaban J connectivity index is 3.36. The van der Waals surface area contributed by atoms with Gasteiger partial charge in [-0.2, -0.15) is 0 Å². The third kappa shape index (κ3) is 3.61. The predicted molar refractivity (Wildman–Crippen MR) is 78.9 cm³/mol. The number of benzene rings is 1. The van der Waals surface area contributed by atoms with Crippen molar-refractivity contribution in [2.75, 3.05) is 30.8 Å². The number of nitrogens with one attached hydrogen (secondary N) is 1. The van der Waals surface area contributed by atoms with Crippen LogP contribution in [-0.4, -0.2) is 34.5 Å². The summed E-state index contributed by atoms with van der Waals surface area (Å²) in [6.07, 6.45) is 0. The molecule has 0 radical (unpaired) electrons. The lowest BCUT2D eigenvalue weighted by Crippen LogP contribution is -2.36. The minimum Gasteiger partial charge on any atom is -0.399 e. The first-order valence-corrected chi connectivity index (χ1v) is 7.63. The summed E-state index contributed by atoms with van der Waals surface area (Å²) in [4.78, 5) is 13.2. The number of likely N-dealkylation sites (N-methyl/N-ethyl adjacent to an activating group) is 2. The Bertz CT molecular complexity index is 613. The Morgan fingerprint density at radius 2 is 2.00 bits per heavy atom. The van der Waals surface area contributed by atoms with Crippen molar-refractivity contribution in [2.24, 2.45) is 5.14 Å². The fourth-order valence-corrected chi connectivity index (χ4v) is 2.77. The van der Waals surface area contributed by atoms with Gasteiger partial charge < -0.3 is 16.0 Å². The first-order valence-electron chi connectivity index (χ1n) is 6.09. The number of rotatable bonds is 5. The zero-order chi connectivity index (χ0) is 15.5. The van der Waals surface area contributed by atoms with Gasteiger partial charge in [0, 0.05) is 25.0 Å². The molecule has 0 heterocycles. The van der Waals surface area contributed by atoms with Crippen LogP contribution in [0.4, 0.5) is 11.4 Å². The van der Waals surface area contributed by atoms with Crippen LogP contribution in [0.3, 0.4) is 0 Å². The number of sulfonamides is 1. The van der Waals surface area contributed by atoms with Gasteiger partial charge in [0.25, 0.3) is 0 Å². The molecule has 0 aliphatic heterocycles. The van der Waals surface area contributed by atoms with Crippen LogP contribution in [0, 0.1) is 6.92 Å². The number of nitrogens with zero attached hydrogens (tertiary/aromatic N) is 1. The van der Waals surface area contributed by atoms with Crippen molar-refractivity contribution < 1.29 is 13.2 Å². The van der Waals surface area contributed by atoms with Gasteiger partial charge in [-0.05, 0) is 31.5 Å². The number of anilines is 2. The standard InChI is InChI=1S/C12H20N4O3S/c1-4-16(7-12(17)15-3)10-5-9(13)6-11(8(10)2)20(14,18)19/h5-6H,4,7,13H2,1-3H3,(H,15,17)(H2,14,18,19). The molecule has 0 saturated carbocycles. The number of nitrogens with two attached hydrogens (primary N) is 2. The molecule has 0 aliphatic carbocycles. The molecule has 5 N–H and O–H groups in total. The largest absolute Gasteiger partial charge is 0.399 e. The zero-order valence-corrected chi connectivity index (χ0v) is 12.6. The number of amides is 1. The molecule has 0 unspecified atom stereocenters. The average molecular weight is 300 g/mol. The van der Waals surface area contributed by atoms with Crippen LogP contribution in [0.15, 0.2) is 17.0 Å². The monoisotopic (exact) mass is 300 g/mol. The molecule has 1 rings (SSSR count). The van der Waals surface area contributed by atoms with Crippen LogP contribution < -0.4 is 21.1 Å². The fraction of sp³-hybridized carbons (Fsp3) is 0.417. The van der Waals surface area contributed by atoms with Crippen LogP contribution in [0.5, 0.6) is 0 Å². The summed E-state index contributed by atoms with van der Waals surface area (Å²) in [6, 6.07) is 2.96. The smallest absolute Gasteiger partial charge is 0.239 e. The van der Waals surface area contributed by atoms with Gasteiger partial charge in [-0.25, -0.2) is 13.6 Å². The topological polar surface area (TPSA) is 119 Å². The van der Waals surface area contributed by atoms with Gasteiger partial charge in [0.2, 0.25) is 15.9 Å². The Labute approximate surface area is 119 Å². The van der Waals surface area contributed by atoms with Gasteiger partial charge in [0.1, 0.15) is 0 Å². The molecule has 8 heteroatoms. The number of primary sulfonamides is 1. The average Bonchev–Trinajstić information content (AvgIpc) is 2.36. The van der Waals surface area contributed by atoms with Crippen LogP contribution in [0.1, 0.15) is 12.5 Å². The molecule has 7 nitrogen and oxygen atoms in total. The highest BCUT2D eigenvalue weighted by molar-refractivity contribution is 7.89. The molecule has 20 heavy (non-hydrogen) atoms. The molecule has 112 valence electrons. The Morgan fingerprint density at radius 3 is 2.45 bits per heavy atom. The number of hydrogen-bond donors (Lipinski definition) is 3. The molecule has 1 amide bonds. The summed E-state index contributed by atoms with van der Waals surface area (Å²) in [7, 11) is -2.32. The van der Waals surface area contributed by atoms with Crippen molar-refractivity contribution in [1.29, 1.82) is 0 Å². The second-order valence-electron chi connectivity index (χ2n) is 4.40. The van der Waals surface area contributed by atoms with E-state index in [1.807, 2.05) is 6.92 Å². The van der Waals surface area contributed by atoms with Gasteiger partial charge in [-0.15, -0.1) is 0 Å². The van der Waals surface area contributed by atoms with E-state index in [1.54, 1.807) is 17.9 Å². The molecule has 0 fully saturated rings. The van der Waals surface area contributed by atoms with Gasteiger partial charge >= 0.3 is 0 Å². The second kappa shape index (κ2) is 6.10. The van der Waals surface area contributed by atoms with E-state index in [0.29, 0.717) is 17.8 Å². The third-order valence-electron chi connectivity index (χ3n) is 3.00. The second-order valence-corrected chi connectivity index (χ2v) is 5.93. The lowest BCUT2D eigenvalue weighted by molar-refractivity contribution is -0.119. The maximum Gasteiger partial charge on any atom is 0.239 e. The summed E-state index contributed by atoms with van der Waals surface area (Å²) in [6.45, 7) is 4.15. The summed E-state index contributed by atoms with van der Waals surface area (Å²) in [5.41, 5.74) is 7.08. The van der Waals surface area contributed by atoms with Crippen LogP contribution in [0.2, 0.25) is 0 Å². The van der Waals surface area contributed by atoms with Crippen LogP contribution >= 0.6 is 0 Å². The van der Waals surface area contributed by atoms with Gasteiger partial charge in [-0.1, -0.05) is 0 Å². The SMILES string of the molecule is CCN(CC(=O)NC)c1cc(N)cc(S(N)(=O)=O)c1C. The number of hydrogen-bond acceptors (Lipinski definition) is 5. The van der Waals surface area contributed by atoms with E-state index in [4.69, 9.17) is 10.9 Å². The molecular formula is C12H20N4O3S. The molecule has 0 spiro atoms. The van der Waals surface area contributed by atoms with E-state index in [-0.39, 0.29) is 23.0 Å². The van der Waals surface area contributed by atoms with E-state index < -0.39 is 10.0 Å². The minimum absolute atomic E-state index is 0.0251. The quantitative estimate of drug-likeness (QED) is 0.651. The normalized spacial score (nSPS) is 11.2. The molecule has 1 aromatic rings. The van der Waals surface area contributed by atoms with E-state index in [9.17, 15) is 13.2 Å². The van der Waals surface area contributed by atoms with E-state index in [0.717, 1.165) is 0 Å². The minimum atomic E-state index is -3.86. The Hall–Kier alpha value is -1.80. The van der Waals surface area contributed by atoms with E-state index >= 15 is 0 Å². The highest BCUT2D eigenvalue weighted by atomic mass is 32.2. The number of carbonyl (C=O) groups is 1. The number of nitrogen functional groups attached to an aromatic ring is 1. The van der Waals surface area contributed by atoms with Crippen molar-refractivity contribution in [3.8, 4) is 0 Å². The maximum atomic E-state index is 11.6. The third-order valence-corrected chi connectivity index (χ3v) is 4.03. The molecule has 0 bridgehead atoms. The fourth-order valence-electron chi connectivity index (χ4n) is 1.94. The Kier molecular flexibility index (Phi) is 4.96. The van der Waals surface area contributed by atoms with Crippen molar-refractivity contribution in [3.05, 3.63) is 17.7 Å². The van der Waals surface area contributed by atoms with Crippen LogP contribution in [0.25, 0.3) is 0 Å². The predicted octanol–water partition coefficient (Wildman–Crippen LogP) is -0.203. The van der Waals surface area contributed by atoms with Gasteiger partial charge in [0.05, 0.1) is 11.4 Å².